The molecule has 146 heavy (non-hydrogen) atoms. The normalized spacial score (nSPS) is 47.0. The monoisotopic (exact) mass is 2130 g/mol. The predicted octanol–water partition coefficient (Wildman–Crippen LogP) is -24.9. The summed E-state index contributed by atoms with van der Waals surface area (Å²) >= 11 is 0. The third kappa shape index (κ3) is 26.9. The Hall–Kier alpha value is -5.75. The summed E-state index contributed by atoms with van der Waals surface area (Å²) in [6.07, 6.45) is -114. The third-order valence-electron chi connectivity index (χ3n) is 26.4. The highest BCUT2D eigenvalue weighted by Crippen LogP contribution is 2.44. The minimum atomic E-state index is -3.35. The van der Waals surface area contributed by atoms with Crippen LogP contribution in [0.25, 0.3) is 0 Å². The second kappa shape index (κ2) is 52.5. The van der Waals surface area contributed by atoms with E-state index in [-0.39, 0.29) is 0 Å². The van der Waals surface area contributed by atoms with Crippen molar-refractivity contribution in [1.29, 1.82) is 0 Å². The van der Waals surface area contributed by atoms with Gasteiger partial charge in [0.2, 0.25) is 35.4 Å². The number of carbonyl (C=O) groups excluding carboxylic acids is 6. The highest BCUT2D eigenvalue weighted by Gasteiger charge is 2.65. The number of carboxylic acid groups (broad SMARTS) is 1. The van der Waals surface area contributed by atoms with Crippen molar-refractivity contribution in [2.45, 2.75) is 391 Å². The van der Waals surface area contributed by atoms with E-state index in [1.54, 1.807) is 0 Å². The summed E-state index contributed by atoms with van der Waals surface area (Å²) in [5.41, 5.74) is 0. The molecule has 0 aromatic heterocycles. The first-order valence-corrected chi connectivity index (χ1v) is 46.3. The first kappa shape index (κ1) is 120. The molecule has 0 saturated carbocycles. The van der Waals surface area contributed by atoms with Gasteiger partial charge in [-0.2, -0.15) is 0 Å². The lowest BCUT2D eigenvalue weighted by Crippen LogP contribution is -2.72. The van der Waals surface area contributed by atoms with Crippen LogP contribution in [-0.4, -0.2) is 615 Å². The first-order chi connectivity index (χ1) is 68.9. The highest BCUT2D eigenvalue weighted by atomic mass is 16.8. The number of rotatable bonds is 40. The summed E-state index contributed by atoms with van der Waals surface area (Å²) in [6.45, 7) is -8.54. The summed E-state index contributed by atoms with van der Waals surface area (Å²) in [5, 5.41) is 366. The molecule has 0 aromatic rings. The Bertz CT molecular complexity index is 4160. The number of carboxylic acids is 1. The Morgan fingerprint density at radius 3 is 1.02 bits per heavy atom. The average Bonchev–Trinajstić information content (AvgIpc) is 0.763. The molecule has 6 amide bonds. The van der Waals surface area contributed by atoms with Crippen LogP contribution >= 0.6 is 0 Å². The Morgan fingerprint density at radius 1 is 0.281 bits per heavy atom. The van der Waals surface area contributed by atoms with E-state index in [4.69, 9.17) is 99.5 Å². The van der Waals surface area contributed by atoms with Crippen molar-refractivity contribution in [2.75, 3.05) is 72.7 Å². The Labute approximate surface area is 825 Å². The van der Waals surface area contributed by atoms with Gasteiger partial charge in [0.25, 0.3) is 5.79 Å². The zero-order chi connectivity index (χ0) is 108. The van der Waals surface area contributed by atoms with E-state index < -0.39 is 464 Å². The SMILES string of the molecule is CC(=O)N[C@@H]1[C@@H](O)[C@H](O[C@@H]2O[C@H](CO)[C@@H](O[C@@H]3O[C@H](CO[C@H]4O[C@H](CO)[C@@H](O)[C@H](O)[C@@H]4O[C@@H]4O[C@H](CO)[C@@H](O)[C@H](O)[C@H]4NC(C)=O)[C@@H](O)[C@H](O[C@H]4O[C@H](CO)[C@@H](O[C@@H]5O[C@H](CO[C@]6(C(=O)O)C[C@H](O)[C@@H](NC(C)=O)[C@H]([C@H](O)[C@H](O)CO)O6)[C@@H](O)[C@H](O[C@@H]6O[C@H](CO)[C@H](O)[C@H](O)[C@H]6O)[C@H]5NC(C)=O)[C@H](O)[C@@H]4O[C@@H]4O[C@H](CO)[C@@H](O[C@@H]5O[C@H](CO)[C@H](O)[C@H](O)[C@H]5O)[C@H](O)[C@H]4NC(C)=O)[C@@H]3O)[C@H](O)[C@H]2NC(C)=O)[C@@H](CO)O[C@H]1O. The number of amides is 6. The van der Waals surface area contributed by atoms with Crippen molar-refractivity contribution in [3.63, 3.8) is 0 Å². The van der Waals surface area contributed by atoms with Crippen LogP contribution in [0.3, 0.4) is 0 Å². The van der Waals surface area contributed by atoms with Gasteiger partial charge in [0.05, 0.1) is 84.8 Å². The highest BCUT2D eigenvalue weighted by molar-refractivity contribution is 5.77. The molecule has 11 aliphatic rings. The van der Waals surface area contributed by atoms with Gasteiger partial charge < -0.3 is 290 Å². The van der Waals surface area contributed by atoms with E-state index in [0.717, 1.165) is 41.5 Å². The standard InChI is InChI=1S/C81H134N6O59/c1-19(97)82-37-25(103)7-81(80(124)125,146-66(37)43(105)26(104)8-88)127-18-36-48(110)65(142-76-58(120)55(117)46(108)29(11-91)131-76)42(87-24(6)102)74(136-36)139-64-34(16-96)135-79(69(59(64)121)145-73-41(86-23(5)101)53(115)62(32(14-94)134-73)140-75-57(119)54(116)45(107)28(10-90)130-75)143-67-49(111)35(17-126-78-68(56(118)47(109)30(12-92)132-78)144-71-39(84-21(3)99)50(112)44(106)27(9-89)129-71)137-77(60(67)122)141-63-33(15-95)133-72(40(52(63)114)85-22(4)100)138-61-31(13-93)128-70(123)38(51(61)113)83-20(2)98/h25-79,88-96,103-123H,7-18H2,1-6H3,(H,82,97)(H,83,98)(H,84,99)(H,85,100)(H,86,101)(H,87,102)(H,124,125)/t25-,26+,27+,28+,29+,30+,31+,32+,33+,34+,35+,36+,37+,38+,39+,40+,41+,42+,43+,44+,45-,46-,47+,48+,49+,50+,51+,52+,53+,54-,55-,56-,57+,58+,59-,60-,61+,62+,63+,64+,65+,66+,67-,68-,69-,70+,71-,72-,73-,74-,75-,76-,77-,78-,79+,81+/m0/s1. The van der Waals surface area contributed by atoms with Crippen LogP contribution in [0.4, 0.5) is 0 Å². The average molecular weight is 2140 g/mol. The molecule has 65 nitrogen and oxygen atoms in total. The van der Waals surface area contributed by atoms with Gasteiger partial charge in [-0.3, -0.25) is 28.8 Å². The molecule has 0 aromatic carbocycles. The molecular formula is C81H134N6O59. The van der Waals surface area contributed by atoms with Crippen LogP contribution in [0.15, 0.2) is 0 Å². The second-order valence-electron chi connectivity index (χ2n) is 36.7. The topological polar surface area (TPSA) is 1010 Å². The van der Waals surface area contributed by atoms with Gasteiger partial charge in [0.15, 0.2) is 62.9 Å². The Kier molecular flexibility index (Phi) is 43.3. The third-order valence-corrected chi connectivity index (χ3v) is 26.4. The number of nitrogens with one attached hydrogen (secondary N) is 6. The number of ether oxygens (including phenoxy) is 21. The fourth-order valence-corrected chi connectivity index (χ4v) is 18.8. The molecule has 37 N–H and O–H groups in total. The maximum absolute atomic E-state index is 13.8. The summed E-state index contributed by atoms with van der Waals surface area (Å²) in [5.74, 6) is -11.6. The van der Waals surface area contributed by atoms with Gasteiger partial charge in [-0.1, -0.05) is 0 Å². The summed E-state index contributed by atoms with van der Waals surface area (Å²) in [7, 11) is 0. The molecule has 65 heteroatoms. The summed E-state index contributed by atoms with van der Waals surface area (Å²) in [6, 6.07) is -12.0. The lowest BCUT2D eigenvalue weighted by atomic mass is 9.88. The van der Waals surface area contributed by atoms with Gasteiger partial charge in [-0.25, -0.2) is 4.79 Å². The molecule has 11 saturated heterocycles. The van der Waals surface area contributed by atoms with Gasteiger partial charge in [-0.05, 0) is 0 Å². The molecule has 842 valence electrons. The van der Waals surface area contributed by atoms with E-state index in [1.807, 2.05) is 0 Å². The predicted molar refractivity (Wildman–Crippen MR) is 449 cm³/mol. The van der Waals surface area contributed by atoms with E-state index in [2.05, 4.69) is 31.9 Å². The zero-order valence-electron chi connectivity index (χ0n) is 78.5. The van der Waals surface area contributed by atoms with Crippen LogP contribution in [0, 0.1) is 0 Å². The van der Waals surface area contributed by atoms with Crippen molar-refractivity contribution in [2.24, 2.45) is 0 Å². The van der Waals surface area contributed by atoms with Crippen molar-refractivity contribution in [1.82, 2.24) is 31.9 Å². The number of hydrogen-bond donors (Lipinski definition) is 37. The van der Waals surface area contributed by atoms with Crippen molar-refractivity contribution < 1.29 is 291 Å². The Morgan fingerprint density at radius 2 is 0.582 bits per heavy atom. The maximum atomic E-state index is 13.8. The number of aliphatic hydroxyl groups is 30. The van der Waals surface area contributed by atoms with E-state index in [0.29, 0.717) is 0 Å². The van der Waals surface area contributed by atoms with Crippen LogP contribution < -0.4 is 31.9 Å². The second-order valence-corrected chi connectivity index (χ2v) is 36.7. The maximum Gasteiger partial charge on any atom is 0.364 e. The molecule has 11 aliphatic heterocycles. The zero-order valence-corrected chi connectivity index (χ0v) is 78.5. The molecule has 0 spiro atoms. The van der Waals surface area contributed by atoms with Crippen LogP contribution in [-0.2, 0) is 133 Å². The molecule has 0 radical (unpaired) electrons. The van der Waals surface area contributed by atoms with Crippen molar-refractivity contribution in [3.05, 3.63) is 0 Å². The van der Waals surface area contributed by atoms with Gasteiger partial charge in [-0.15, -0.1) is 0 Å². The summed E-state index contributed by atoms with van der Waals surface area (Å²) in [4.78, 5) is 91.8. The molecule has 11 heterocycles. The number of hydrogen-bond acceptors (Lipinski definition) is 58. The first-order valence-electron chi connectivity index (χ1n) is 46.3. The largest absolute Gasteiger partial charge is 0.477 e. The smallest absolute Gasteiger partial charge is 0.364 e. The summed E-state index contributed by atoms with van der Waals surface area (Å²) < 4.78 is 127. The molecule has 0 aliphatic carbocycles. The fourth-order valence-electron chi connectivity index (χ4n) is 18.8. The molecule has 56 atom stereocenters. The van der Waals surface area contributed by atoms with Crippen molar-refractivity contribution >= 4 is 41.4 Å². The quantitative estimate of drug-likeness (QED) is 0.0271. The van der Waals surface area contributed by atoms with Crippen LogP contribution in [0.5, 0.6) is 0 Å². The van der Waals surface area contributed by atoms with Crippen LogP contribution in [0.1, 0.15) is 48.0 Å². The minimum Gasteiger partial charge on any atom is -0.477 e. The van der Waals surface area contributed by atoms with E-state index in [9.17, 15) is 192 Å². The van der Waals surface area contributed by atoms with Crippen molar-refractivity contribution in [3.8, 4) is 0 Å². The molecule has 11 rings (SSSR count). The molecule has 0 bridgehead atoms. The Balaban J connectivity index is 1.03. The van der Waals surface area contributed by atoms with E-state index >= 15 is 0 Å². The lowest BCUT2D eigenvalue weighted by Gasteiger charge is -2.52. The molecular weight excluding hydrogens is 2000 g/mol. The number of aliphatic carboxylic acids is 1. The molecule has 0 unspecified atom stereocenters. The minimum absolute atomic E-state index is 0.803. The van der Waals surface area contributed by atoms with E-state index in [1.165, 1.54) is 0 Å². The lowest BCUT2D eigenvalue weighted by molar-refractivity contribution is -0.407. The number of carbonyl (C=O) groups is 7. The molecule has 11 fully saturated rings. The van der Waals surface area contributed by atoms with Gasteiger partial charge >= 0.3 is 5.97 Å². The van der Waals surface area contributed by atoms with Crippen LogP contribution in [0.2, 0.25) is 0 Å². The fraction of sp³-hybridized carbons (Fsp3) is 0.914. The van der Waals surface area contributed by atoms with Gasteiger partial charge in [0.1, 0.15) is 262 Å². The van der Waals surface area contributed by atoms with Gasteiger partial charge in [0, 0.05) is 48.0 Å². The number of aliphatic hydroxyl groups excluding tert-OH is 30.